The van der Waals surface area contributed by atoms with E-state index in [0.717, 1.165) is 30.2 Å². The highest BCUT2D eigenvalue weighted by Crippen LogP contribution is 2.35. The topological polar surface area (TPSA) is 74.7 Å². The van der Waals surface area contributed by atoms with Crippen LogP contribution in [0.2, 0.25) is 0 Å². The Balaban J connectivity index is 1.80. The highest BCUT2D eigenvalue weighted by molar-refractivity contribution is 9.10. The lowest BCUT2D eigenvalue weighted by molar-refractivity contribution is -0.150. The van der Waals surface area contributed by atoms with Crippen LogP contribution in [0.4, 0.5) is 0 Å². The van der Waals surface area contributed by atoms with Gasteiger partial charge in [0.25, 0.3) is 0 Å². The molecule has 2 fully saturated rings. The number of carboxylic acid groups (broad SMARTS) is 1. The van der Waals surface area contributed by atoms with E-state index in [1.165, 1.54) is 11.3 Å². The van der Waals surface area contributed by atoms with Crippen molar-refractivity contribution in [2.45, 2.75) is 57.4 Å². The average Bonchev–Trinajstić information content (AvgIpc) is 3.17. The van der Waals surface area contributed by atoms with Crippen molar-refractivity contribution in [3.8, 4) is 0 Å². The molecule has 1 saturated carbocycles. The van der Waals surface area contributed by atoms with E-state index in [1.807, 2.05) is 12.1 Å². The molecule has 146 valence electrons. The predicted molar refractivity (Wildman–Crippen MR) is 106 cm³/mol. The van der Waals surface area contributed by atoms with Gasteiger partial charge in [-0.3, -0.25) is 9.59 Å². The number of benzene rings is 1. The fraction of sp³-hybridized carbons (Fsp3) is 0.571. The van der Waals surface area contributed by atoms with Gasteiger partial charge >= 0.3 is 5.97 Å². The Morgan fingerprint density at radius 1 is 1.04 bits per heavy atom. The van der Waals surface area contributed by atoms with Crippen LogP contribution in [0.3, 0.4) is 0 Å². The fourth-order valence-corrected chi connectivity index (χ4v) is 4.71. The van der Waals surface area contributed by atoms with Crippen LogP contribution in [0.1, 0.15) is 61.7 Å². The van der Waals surface area contributed by atoms with E-state index in [9.17, 15) is 19.5 Å². The van der Waals surface area contributed by atoms with Gasteiger partial charge in [-0.25, -0.2) is 4.79 Å². The summed E-state index contributed by atoms with van der Waals surface area (Å²) in [7, 11) is 0. The number of halogens is 1. The molecule has 2 aliphatic rings. The largest absolute Gasteiger partial charge is 0.480 e. The minimum atomic E-state index is -0.942. The van der Waals surface area contributed by atoms with E-state index < -0.39 is 17.9 Å². The molecule has 0 radical (unpaired) electrons. The van der Waals surface area contributed by atoms with Gasteiger partial charge in [0.05, 0.1) is 0 Å². The number of amides is 1. The quantitative estimate of drug-likeness (QED) is 0.675. The summed E-state index contributed by atoms with van der Waals surface area (Å²) >= 11 is 3.37. The number of hydrogen-bond donors (Lipinski definition) is 1. The molecule has 6 heteroatoms. The first-order valence-electron chi connectivity index (χ1n) is 9.79. The molecule has 1 N–H and O–H groups in total. The number of likely N-dealkylation sites (tertiary alicyclic amines) is 1. The van der Waals surface area contributed by atoms with Crippen LogP contribution in [-0.2, 0) is 9.59 Å². The maximum Gasteiger partial charge on any atom is 0.326 e. The third-order valence-electron chi connectivity index (χ3n) is 5.93. The summed E-state index contributed by atoms with van der Waals surface area (Å²) in [5.74, 6) is -1.38. The maximum absolute atomic E-state index is 13.3. The van der Waals surface area contributed by atoms with Gasteiger partial charge in [0.1, 0.15) is 6.04 Å². The molecule has 1 saturated heterocycles. The zero-order valence-corrected chi connectivity index (χ0v) is 17.0. The van der Waals surface area contributed by atoms with E-state index in [-0.39, 0.29) is 24.0 Å². The van der Waals surface area contributed by atoms with E-state index in [0.29, 0.717) is 24.9 Å². The molecule has 0 spiro atoms. The molecule has 0 bridgehead atoms. The smallest absolute Gasteiger partial charge is 0.326 e. The Kier molecular flexibility index (Phi) is 6.68. The molecule has 1 aromatic rings. The molecule has 1 aromatic carbocycles. The SMILES string of the molecule is O=C(C[C@H](C(=O)N1CCC[C@H]1C(=O)O)C1CCCCC1)c1ccc(Br)cc1. The normalized spacial score (nSPS) is 21.8. The number of carbonyl (C=O) groups excluding carboxylic acids is 2. The van der Waals surface area contributed by atoms with Crippen LogP contribution in [0.25, 0.3) is 0 Å². The van der Waals surface area contributed by atoms with Gasteiger partial charge in [-0.2, -0.15) is 0 Å². The minimum Gasteiger partial charge on any atom is -0.480 e. The molecule has 1 heterocycles. The highest BCUT2D eigenvalue weighted by atomic mass is 79.9. The molecule has 3 rings (SSSR count). The first-order valence-corrected chi connectivity index (χ1v) is 10.6. The maximum atomic E-state index is 13.3. The fourth-order valence-electron chi connectivity index (χ4n) is 4.45. The monoisotopic (exact) mass is 435 g/mol. The van der Waals surface area contributed by atoms with Crippen molar-refractivity contribution in [1.29, 1.82) is 0 Å². The van der Waals surface area contributed by atoms with E-state index in [1.54, 1.807) is 12.1 Å². The van der Waals surface area contributed by atoms with Gasteiger partial charge in [0, 0.05) is 28.9 Å². The van der Waals surface area contributed by atoms with E-state index in [2.05, 4.69) is 15.9 Å². The van der Waals surface area contributed by atoms with Gasteiger partial charge in [0.2, 0.25) is 5.91 Å². The standard InChI is InChI=1S/C21H26BrNO4/c22-16-10-8-15(9-11-16)19(24)13-17(14-5-2-1-3-6-14)20(25)23-12-4-7-18(23)21(26)27/h8-11,14,17-18H,1-7,12-13H2,(H,26,27)/t17-,18-/m0/s1. The molecule has 0 unspecified atom stereocenters. The first kappa shape index (κ1) is 20.1. The number of rotatable bonds is 6. The number of ketones is 1. The zero-order chi connectivity index (χ0) is 19.4. The van der Waals surface area contributed by atoms with Crippen molar-refractivity contribution < 1.29 is 19.5 Å². The molecule has 5 nitrogen and oxygen atoms in total. The summed E-state index contributed by atoms with van der Waals surface area (Å²) in [6.07, 6.45) is 6.56. The molecule has 1 aliphatic heterocycles. The van der Waals surface area contributed by atoms with Crippen molar-refractivity contribution in [3.63, 3.8) is 0 Å². The Bertz CT molecular complexity index is 697. The number of carboxylic acids is 1. The second-order valence-electron chi connectivity index (χ2n) is 7.67. The summed E-state index contributed by atoms with van der Waals surface area (Å²) in [5, 5.41) is 9.45. The number of aliphatic carboxylic acids is 1. The van der Waals surface area contributed by atoms with Gasteiger partial charge in [0.15, 0.2) is 5.78 Å². The zero-order valence-electron chi connectivity index (χ0n) is 15.4. The molecule has 27 heavy (non-hydrogen) atoms. The molecule has 1 aliphatic carbocycles. The van der Waals surface area contributed by atoms with E-state index in [4.69, 9.17) is 0 Å². The Morgan fingerprint density at radius 2 is 1.70 bits per heavy atom. The Hall–Kier alpha value is -1.69. The van der Waals surface area contributed by atoms with Crippen LogP contribution < -0.4 is 0 Å². The lowest BCUT2D eigenvalue weighted by Crippen LogP contribution is -2.46. The van der Waals surface area contributed by atoms with Crippen molar-refractivity contribution in [2.75, 3.05) is 6.54 Å². The van der Waals surface area contributed by atoms with E-state index >= 15 is 0 Å². The lowest BCUT2D eigenvalue weighted by Gasteiger charge is -2.33. The number of carbonyl (C=O) groups is 3. The lowest BCUT2D eigenvalue weighted by atomic mass is 9.76. The number of hydrogen-bond acceptors (Lipinski definition) is 3. The third-order valence-corrected chi connectivity index (χ3v) is 6.46. The van der Waals surface area contributed by atoms with Gasteiger partial charge in [-0.05, 0) is 43.7 Å². The van der Waals surface area contributed by atoms with Gasteiger partial charge in [-0.1, -0.05) is 47.3 Å². The van der Waals surface area contributed by atoms with Crippen LogP contribution in [0, 0.1) is 11.8 Å². The first-order chi connectivity index (χ1) is 13.0. The molecule has 0 aromatic heterocycles. The van der Waals surface area contributed by atoms with Crippen molar-refractivity contribution >= 4 is 33.6 Å². The van der Waals surface area contributed by atoms with Crippen LogP contribution in [0.15, 0.2) is 28.7 Å². The summed E-state index contributed by atoms with van der Waals surface area (Å²) in [4.78, 5) is 39.2. The average molecular weight is 436 g/mol. The second kappa shape index (κ2) is 9.00. The summed E-state index contributed by atoms with van der Waals surface area (Å²) in [5.41, 5.74) is 0.600. The van der Waals surface area contributed by atoms with Crippen LogP contribution >= 0.6 is 15.9 Å². The van der Waals surface area contributed by atoms with Crippen molar-refractivity contribution in [1.82, 2.24) is 4.90 Å². The molecular formula is C21H26BrNO4. The number of nitrogens with zero attached hydrogens (tertiary/aromatic N) is 1. The third kappa shape index (κ3) is 4.78. The highest BCUT2D eigenvalue weighted by Gasteiger charge is 2.40. The van der Waals surface area contributed by atoms with Gasteiger partial charge < -0.3 is 10.0 Å². The summed E-state index contributed by atoms with van der Waals surface area (Å²) < 4.78 is 0.903. The van der Waals surface area contributed by atoms with Crippen molar-refractivity contribution in [3.05, 3.63) is 34.3 Å². The predicted octanol–water partition coefficient (Wildman–Crippen LogP) is 4.29. The van der Waals surface area contributed by atoms with Crippen molar-refractivity contribution in [2.24, 2.45) is 11.8 Å². The molecular weight excluding hydrogens is 410 g/mol. The van der Waals surface area contributed by atoms with Gasteiger partial charge in [-0.15, -0.1) is 0 Å². The van der Waals surface area contributed by atoms with Crippen LogP contribution in [-0.4, -0.2) is 40.3 Å². The Labute approximate surface area is 168 Å². The minimum absolute atomic E-state index is 0.0440. The Morgan fingerprint density at radius 3 is 2.33 bits per heavy atom. The summed E-state index contributed by atoms with van der Waals surface area (Å²) in [6.45, 7) is 0.478. The second-order valence-corrected chi connectivity index (χ2v) is 8.58. The van der Waals surface area contributed by atoms with Crippen LogP contribution in [0.5, 0.6) is 0 Å². The molecule has 1 amide bonds. The summed E-state index contributed by atoms with van der Waals surface area (Å²) in [6, 6.07) is 6.44. The number of Topliss-reactive ketones (excluding diaryl/α,β-unsaturated/α-hetero) is 1. The molecule has 2 atom stereocenters.